The maximum Gasteiger partial charge on any atom is 0.119 e. The van der Waals surface area contributed by atoms with E-state index in [2.05, 4.69) is 42.0 Å². The highest BCUT2D eigenvalue weighted by Crippen LogP contribution is 2.16. The van der Waals surface area contributed by atoms with Gasteiger partial charge in [0.05, 0.1) is 0 Å². The average Bonchev–Trinajstić information content (AvgIpc) is 2.45. The molecule has 0 fully saturated rings. The van der Waals surface area contributed by atoms with Crippen LogP contribution >= 0.6 is 15.9 Å². The van der Waals surface area contributed by atoms with E-state index in [9.17, 15) is 5.11 Å². The normalized spacial score (nSPS) is 14.3. The lowest BCUT2D eigenvalue weighted by molar-refractivity contribution is 0.101. The second-order valence-corrected chi connectivity index (χ2v) is 6.11. The molecule has 0 saturated carbocycles. The quantitative estimate of drug-likeness (QED) is 0.719. The van der Waals surface area contributed by atoms with Gasteiger partial charge in [-0.25, -0.2) is 0 Å². The Morgan fingerprint density at radius 3 is 2.35 bits per heavy atom. The van der Waals surface area contributed by atoms with Crippen LogP contribution < -0.4 is 10.1 Å². The zero-order valence-corrected chi connectivity index (χ0v) is 14.2. The number of halogens is 1. The van der Waals surface area contributed by atoms with E-state index in [1.165, 1.54) is 0 Å². The molecule has 1 aromatic rings. The molecular weight excluding hydrogens is 318 g/mol. The Morgan fingerprint density at radius 2 is 1.80 bits per heavy atom. The predicted octanol–water partition coefficient (Wildman–Crippen LogP) is 3.60. The van der Waals surface area contributed by atoms with Crippen molar-refractivity contribution in [2.45, 2.75) is 45.8 Å². The van der Waals surface area contributed by atoms with Gasteiger partial charge in [0.2, 0.25) is 0 Å². The summed E-state index contributed by atoms with van der Waals surface area (Å²) in [5.74, 6) is 1.44. The molecular formula is C16H26BrNO2. The molecule has 0 aliphatic heterocycles. The number of aliphatic hydroxyl groups excluding tert-OH is 1. The third-order valence-electron chi connectivity index (χ3n) is 3.69. The summed E-state index contributed by atoms with van der Waals surface area (Å²) < 4.78 is 6.58. The molecule has 0 radical (unpaired) electrons. The molecule has 0 heterocycles. The summed E-state index contributed by atoms with van der Waals surface area (Å²) in [6.07, 6.45) is 1.84. The second-order valence-electron chi connectivity index (χ2n) is 5.19. The second kappa shape index (κ2) is 9.37. The molecule has 3 nitrogen and oxygen atoms in total. The summed E-state index contributed by atoms with van der Waals surface area (Å²) in [7, 11) is 0. The maximum absolute atomic E-state index is 9.94. The number of ether oxygens (including phenoxy) is 1. The first kappa shape index (κ1) is 17.5. The van der Waals surface area contributed by atoms with Crippen molar-refractivity contribution in [3.63, 3.8) is 0 Å². The average molecular weight is 344 g/mol. The van der Waals surface area contributed by atoms with Crippen LogP contribution in [0.1, 0.15) is 33.6 Å². The third-order valence-corrected chi connectivity index (χ3v) is 4.22. The van der Waals surface area contributed by atoms with E-state index in [0.29, 0.717) is 25.1 Å². The summed E-state index contributed by atoms with van der Waals surface area (Å²) in [5, 5.41) is 13.3. The summed E-state index contributed by atoms with van der Waals surface area (Å²) in [5.41, 5.74) is 0. The van der Waals surface area contributed by atoms with Crippen LogP contribution in [0.3, 0.4) is 0 Å². The van der Waals surface area contributed by atoms with Crippen LogP contribution in [0.15, 0.2) is 28.7 Å². The van der Waals surface area contributed by atoms with E-state index in [-0.39, 0.29) is 0 Å². The van der Waals surface area contributed by atoms with Gasteiger partial charge in [-0.1, -0.05) is 42.6 Å². The first-order chi connectivity index (χ1) is 9.56. The maximum atomic E-state index is 9.94. The minimum absolute atomic E-state index is 0.310. The highest BCUT2D eigenvalue weighted by molar-refractivity contribution is 9.10. The number of nitrogens with one attached hydrogen (secondary N) is 1. The molecule has 4 heteroatoms. The lowest BCUT2D eigenvalue weighted by Gasteiger charge is -2.24. The molecule has 0 amide bonds. The van der Waals surface area contributed by atoms with Crippen LogP contribution in [0.4, 0.5) is 0 Å². The Morgan fingerprint density at radius 1 is 1.20 bits per heavy atom. The van der Waals surface area contributed by atoms with Gasteiger partial charge in [0.15, 0.2) is 0 Å². The lowest BCUT2D eigenvalue weighted by Crippen LogP contribution is -2.40. The van der Waals surface area contributed by atoms with Crippen LogP contribution in [0, 0.1) is 5.92 Å². The van der Waals surface area contributed by atoms with Crippen LogP contribution in [-0.4, -0.2) is 30.4 Å². The molecule has 0 saturated heterocycles. The molecule has 1 aromatic carbocycles. The van der Waals surface area contributed by atoms with Gasteiger partial charge in [-0.15, -0.1) is 0 Å². The van der Waals surface area contributed by atoms with Crippen molar-refractivity contribution in [1.29, 1.82) is 0 Å². The first-order valence-corrected chi connectivity index (χ1v) is 8.15. The van der Waals surface area contributed by atoms with E-state index in [1.807, 2.05) is 24.3 Å². The van der Waals surface area contributed by atoms with E-state index < -0.39 is 6.10 Å². The van der Waals surface area contributed by atoms with Crippen LogP contribution in [-0.2, 0) is 0 Å². The fourth-order valence-electron chi connectivity index (χ4n) is 2.27. The summed E-state index contributed by atoms with van der Waals surface area (Å²) in [4.78, 5) is 0. The molecule has 1 rings (SSSR count). The van der Waals surface area contributed by atoms with Gasteiger partial charge in [0.25, 0.3) is 0 Å². The summed E-state index contributed by atoms with van der Waals surface area (Å²) in [6.45, 7) is 7.47. The van der Waals surface area contributed by atoms with E-state index in [1.54, 1.807) is 0 Å². The minimum atomic E-state index is -0.490. The van der Waals surface area contributed by atoms with Crippen LogP contribution in [0.25, 0.3) is 0 Å². The van der Waals surface area contributed by atoms with Gasteiger partial charge < -0.3 is 15.2 Å². The van der Waals surface area contributed by atoms with Crippen LogP contribution in [0.2, 0.25) is 0 Å². The van der Waals surface area contributed by atoms with Crippen LogP contribution in [0.5, 0.6) is 5.75 Å². The molecule has 2 N–H and O–H groups in total. The van der Waals surface area contributed by atoms with Crippen molar-refractivity contribution in [2.24, 2.45) is 5.92 Å². The monoisotopic (exact) mass is 343 g/mol. The molecule has 20 heavy (non-hydrogen) atoms. The van der Waals surface area contributed by atoms with Crippen molar-refractivity contribution >= 4 is 15.9 Å². The number of aliphatic hydroxyl groups is 1. The molecule has 0 aromatic heterocycles. The molecule has 2 atom stereocenters. The molecule has 114 valence electrons. The van der Waals surface area contributed by atoms with Crippen molar-refractivity contribution in [1.82, 2.24) is 5.32 Å². The zero-order chi connectivity index (χ0) is 15.0. The third kappa shape index (κ3) is 6.25. The number of benzene rings is 1. The van der Waals surface area contributed by atoms with E-state index in [4.69, 9.17) is 4.74 Å². The van der Waals surface area contributed by atoms with Gasteiger partial charge >= 0.3 is 0 Å². The Kier molecular flexibility index (Phi) is 8.19. The van der Waals surface area contributed by atoms with Crippen molar-refractivity contribution in [3.05, 3.63) is 28.7 Å². The fourth-order valence-corrected chi connectivity index (χ4v) is 2.53. The standard InChI is InChI=1S/C16H26BrNO2/c1-4-13(5-2)12(3)18-10-15(19)11-20-16-8-6-14(17)7-9-16/h6-9,12-13,15,18-19H,4-5,10-11H2,1-3H3. The van der Waals surface area contributed by atoms with Gasteiger partial charge in [0.1, 0.15) is 18.5 Å². The largest absolute Gasteiger partial charge is 0.491 e. The van der Waals surface area contributed by atoms with Gasteiger partial charge in [0, 0.05) is 17.1 Å². The summed E-state index contributed by atoms with van der Waals surface area (Å²) in [6, 6.07) is 8.05. The molecule has 2 unspecified atom stereocenters. The van der Waals surface area contributed by atoms with Gasteiger partial charge in [-0.3, -0.25) is 0 Å². The molecule has 0 aliphatic rings. The number of hydrogen-bond acceptors (Lipinski definition) is 3. The molecule has 0 aliphatic carbocycles. The smallest absolute Gasteiger partial charge is 0.119 e. The minimum Gasteiger partial charge on any atom is -0.491 e. The number of hydrogen-bond donors (Lipinski definition) is 2. The predicted molar refractivity (Wildman–Crippen MR) is 87.2 cm³/mol. The highest BCUT2D eigenvalue weighted by atomic mass is 79.9. The van der Waals surface area contributed by atoms with Gasteiger partial charge in [-0.2, -0.15) is 0 Å². The highest BCUT2D eigenvalue weighted by Gasteiger charge is 2.14. The Balaban J connectivity index is 2.26. The Labute approximate surface area is 130 Å². The van der Waals surface area contributed by atoms with E-state index in [0.717, 1.165) is 23.1 Å². The topological polar surface area (TPSA) is 41.5 Å². The first-order valence-electron chi connectivity index (χ1n) is 7.36. The van der Waals surface area contributed by atoms with Crippen molar-refractivity contribution < 1.29 is 9.84 Å². The molecule has 0 spiro atoms. The van der Waals surface area contributed by atoms with E-state index >= 15 is 0 Å². The van der Waals surface area contributed by atoms with Gasteiger partial charge in [-0.05, 0) is 37.1 Å². The van der Waals surface area contributed by atoms with Crippen molar-refractivity contribution in [2.75, 3.05) is 13.2 Å². The Hall–Kier alpha value is -0.580. The molecule has 0 bridgehead atoms. The SMILES string of the molecule is CCC(CC)C(C)NCC(O)COc1ccc(Br)cc1. The Bertz CT molecular complexity index is 365. The van der Waals surface area contributed by atoms with Crippen molar-refractivity contribution in [3.8, 4) is 5.75 Å². The lowest BCUT2D eigenvalue weighted by atomic mass is 9.95. The number of rotatable bonds is 9. The summed E-state index contributed by atoms with van der Waals surface area (Å²) >= 11 is 3.38. The zero-order valence-electron chi connectivity index (χ0n) is 12.6. The fraction of sp³-hybridized carbons (Fsp3) is 0.625.